The predicted molar refractivity (Wildman–Crippen MR) is 55.5 cm³/mol. The van der Waals surface area contributed by atoms with Crippen molar-refractivity contribution in [3.05, 3.63) is 12.2 Å². The van der Waals surface area contributed by atoms with Crippen LogP contribution in [0.1, 0.15) is 19.3 Å². The van der Waals surface area contributed by atoms with E-state index in [1.54, 1.807) is 6.08 Å². The lowest BCUT2D eigenvalue weighted by molar-refractivity contribution is -0.243. The Balaban J connectivity index is 2.10. The Hall–Kier alpha value is -1.21. The van der Waals surface area contributed by atoms with Gasteiger partial charge in [0.05, 0.1) is 13.0 Å². The minimum atomic E-state index is -4.83. The quantitative estimate of drug-likeness (QED) is 0.452. The van der Waals surface area contributed by atoms with Crippen molar-refractivity contribution in [3.8, 4) is 0 Å². The molecule has 0 aromatic heterocycles. The van der Waals surface area contributed by atoms with Crippen LogP contribution in [0.25, 0.3) is 0 Å². The Kier molecular flexibility index (Phi) is 3.54. The van der Waals surface area contributed by atoms with Crippen molar-refractivity contribution in [3.63, 3.8) is 0 Å². The molecule has 0 spiro atoms. The molecule has 0 aromatic carbocycles. The zero-order valence-electron chi connectivity index (χ0n) is 10.2. The van der Waals surface area contributed by atoms with Gasteiger partial charge < -0.3 is 4.74 Å². The molecular formula is C12H12F6O2. The van der Waals surface area contributed by atoms with Crippen LogP contribution in [0.5, 0.6) is 0 Å². The fourth-order valence-corrected chi connectivity index (χ4v) is 2.92. The summed E-state index contributed by atoms with van der Waals surface area (Å²) in [5.74, 6) is -2.99. The second-order valence-electron chi connectivity index (χ2n) is 5.16. The molecule has 2 aliphatic carbocycles. The number of ether oxygens (including phenoxy) is 1. The monoisotopic (exact) mass is 302 g/mol. The summed E-state index contributed by atoms with van der Waals surface area (Å²) in [7, 11) is 0. The number of carbonyl (C=O) groups is 1. The van der Waals surface area contributed by atoms with Gasteiger partial charge in [0.1, 0.15) is 0 Å². The standard InChI is InChI=1S/C12H12F6O2/c13-11(14,15)3-4-20-9(19)10(12(16,17)18)6-7-1-2-8(10)5-7/h1-2,7-8H,3-6H2. The van der Waals surface area contributed by atoms with Gasteiger partial charge in [-0.1, -0.05) is 12.2 Å². The molecule has 2 aliphatic rings. The molecule has 3 atom stereocenters. The first kappa shape index (κ1) is 15.2. The fourth-order valence-electron chi connectivity index (χ4n) is 2.92. The molecule has 2 nitrogen and oxygen atoms in total. The van der Waals surface area contributed by atoms with Gasteiger partial charge in [0.2, 0.25) is 0 Å². The number of hydrogen-bond acceptors (Lipinski definition) is 2. The highest BCUT2D eigenvalue weighted by molar-refractivity contribution is 5.79. The van der Waals surface area contributed by atoms with E-state index >= 15 is 0 Å². The Bertz CT molecular complexity index is 425. The van der Waals surface area contributed by atoms with E-state index in [-0.39, 0.29) is 12.3 Å². The van der Waals surface area contributed by atoms with Crippen molar-refractivity contribution in [1.82, 2.24) is 0 Å². The molecule has 8 heteroatoms. The van der Waals surface area contributed by atoms with Crippen LogP contribution in [0.2, 0.25) is 0 Å². The van der Waals surface area contributed by atoms with Crippen molar-refractivity contribution in [2.75, 3.05) is 6.61 Å². The summed E-state index contributed by atoms with van der Waals surface area (Å²) in [5.41, 5.74) is -2.68. The van der Waals surface area contributed by atoms with E-state index in [0.29, 0.717) is 0 Å². The zero-order chi connectivity index (χ0) is 15.2. The van der Waals surface area contributed by atoms with E-state index in [1.165, 1.54) is 6.08 Å². The predicted octanol–water partition coefficient (Wildman–Crippen LogP) is 3.63. The van der Waals surface area contributed by atoms with Crippen molar-refractivity contribution < 1.29 is 35.9 Å². The lowest BCUT2D eigenvalue weighted by atomic mass is 9.75. The number of allylic oxidation sites excluding steroid dienone is 2. The van der Waals surface area contributed by atoms with E-state index in [0.717, 1.165) is 0 Å². The van der Waals surface area contributed by atoms with Crippen molar-refractivity contribution >= 4 is 5.97 Å². The van der Waals surface area contributed by atoms with Crippen LogP contribution in [-0.2, 0) is 9.53 Å². The molecule has 0 radical (unpaired) electrons. The molecule has 0 N–H and O–H groups in total. The lowest BCUT2D eigenvalue weighted by Crippen LogP contribution is -2.49. The molecule has 2 rings (SSSR count). The first-order valence-corrected chi connectivity index (χ1v) is 6.05. The van der Waals surface area contributed by atoms with Gasteiger partial charge in [-0.15, -0.1) is 0 Å². The third-order valence-electron chi connectivity index (χ3n) is 3.88. The first-order chi connectivity index (χ1) is 9.06. The van der Waals surface area contributed by atoms with Crippen LogP contribution >= 0.6 is 0 Å². The largest absolute Gasteiger partial charge is 0.465 e. The number of halogens is 6. The summed E-state index contributed by atoms with van der Waals surface area (Å²) < 4.78 is 79.8. The highest BCUT2D eigenvalue weighted by Crippen LogP contribution is 2.60. The van der Waals surface area contributed by atoms with Gasteiger partial charge in [0.15, 0.2) is 5.41 Å². The highest BCUT2D eigenvalue weighted by Gasteiger charge is 2.69. The fraction of sp³-hybridized carbons (Fsp3) is 0.750. The van der Waals surface area contributed by atoms with E-state index < -0.39 is 49.1 Å². The van der Waals surface area contributed by atoms with Gasteiger partial charge in [-0.05, 0) is 18.8 Å². The maximum absolute atomic E-state index is 13.2. The normalized spacial score (nSPS) is 32.7. The lowest BCUT2D eigenvalue weighted by Gasteiger charge is -2.34. The summed E-state index contributed by atoms with van der Waals surface area (Å²) in [5, 5.41) is 0. The van der Waals surface area contributed by atoms with Crippen LogP contribution in [0.4, 0.5) is 26.3 Å². The zero-order valence-corrected chi connectivity index (χ0v) is 10.2. The summed E-state index contributed by atoms with van der Waals surface area (Å²) in [4.78, 5) is 11.7. The number of hydrogen-bond donors (Lipinski definition) is 0. The van der Waals surface area contributed by atoms with Crippen molar-refractivity contribution in [1.29, 1.82) is 0 Å². The van der Waals surface area contributed by atoms with Crippen LogP contribution in [-0.4, -0.2) is 24.9 Å². The van der Waals surface area contributed by atoms with Crippen LogP contribution in [0.15, 0.2) is 12.2 Å². The summed E-state index contributed by atoms with van der Waals surface area (Å²) in [6.45, 7) is -1.08. The third-order valence-corrected chi connectivity index (χ3v) is 3.88. The molecule has 0 aromatic rings. The Labute approximate surface area is 110 Å². The number of fused-ring (bicyclic) bond motifs is 2. The van der Waals surface area contributed by atoms with Crippen LogP contribution in [0.3, 0.4) is 0 Å². The molecule has 3 unspecified atom stereocenters. The van der Waals surface area contributed by atoms with Gasteiger partial charge in [-0.25, -0.2) is 0 Å². The molecule has 0 amide bonds. The van der Waals surface area contributed by atoms with E-state index in [9.17, 15) is 31.1 Å². The second kappa shape index (κ2) is 4.66. The Morgan fingerprint density at radius 2 is 1.85 bits per heavy atom. The smallest absolute Gasteiger partial charge is 0.405 e. The maximum atomic E-state index is 13.2. The Morgan fingerprint density at radius 3 is 2.25 bits per heavy atom. The Morgan fingerprint density at radius 1 is 1.20 bits per heavy atom. The molecule has 2 bridgehead atoms. The van der Waals surface area contributed by atoms with Gasteiger partial charge in [0.25, 0.3) is 0 Å². The van der Waals surface area contributed by atoms with E-state index in [2.05, 4.69) is 4.74 Å². The van der Waals surface area contributed by atoms with E-state index in [4.69, 9.17) is 0 Å². The third kappa shape index (κ3) is 2.52. The molecular weight excluding hydrogens is 290 g/mol. The molecule has 114 valence electrons. The number of carbonyl (C=O) groups excluding carboxylic acids is 1. The maximum Gasteiger partial charge on any atom is 0.405 e. The number of rotatable bonds is 3. The molecule has 0 aliphatic heterocycles. The minimum Gasteiger partial charge on any atom is -0.465 e. The molecule has 0 heterocycles. The summed E-state index contributed by atoms with van der Waals surface area (Å²) >= 11 is 0. The molecule has 1 fully saturated rings. The highest BCUT2D eigenvalue weighted by atomic mass is 19.4. The van der Waals surface area contributed by atoms with E-state index in [1.807, 2.05) is 0 Å². The average molecular weight is 302 g/mol. The van der Waals surface area contributed by atoms with Crippen LogP contribution in [0, 0.1) is 17.3 Å². The van der Waals surface area contributed by atoms with Gasteiger partial charge >= 0.3 is 18.3 Å². The van der Waals surface area contributed by atoms with Crippen LogP contribution < -0.4 is 0 Å². The summed E-state index contributed by atoms with van der Waals surface area (Å²) in [6.07, 6.45) is -8.18. The van der Waals surface area contributed by atoms with Gasteiger partial charge in [-0.2, -0.15) is 26.3 Å². The van der Waals surface area contributed by atoms with Crippen molar-refractivity contribution in [2.45, 2.75) is 31.6 Å². The number of esters is 1. The molecule has 1 saturated carbocycles. The SMILES string of the molecule is O=C(OCCC(F)(F)F)C1(C(F)(F)F)CC2C=CC1C2. The second-order valence-corrected chi connectivity index (χ2v) is 5.16. The topological polar surface area (TPSA) is 26.3 Å². The summed E-state index contributed by atoms with van der Waals surface area (Å²) in [6, 6.07) is 0. The average Bonchev–Trinajstić information content (AvgIpc) is 2.85. The molecule has 20 heavy (non-hydrogen) atoms. The van der Waals surface area contributed by atoms with Gasteiger partial charge in [-0.3, -0.25) is 4.79 Å². The molecule has 0 saturated heterocycles. The first-order valence-electron chi connectivity index (χ1n) is 6.05. The van der Waals surface area contributed by atoms with Crippen molar-refractivity contribution in [2.24, 2.45) is 17.3 Å². The minimum absolute atomic E-state index is 0.188. The number of alkyl halides is 6. The van der Waals surface area contributed by atoms with Gasteiger partial charge in [0, 0.05) is 5.92 Å².